The van der Waals surface area contributed by atoms with Crippen molar-refractivity contribution >= 4 is 22.0 Å². The third kappa shape index (κ3) is 1.72. The number of nitrogens with zero attached hydrogens (tertiary/aromatic N) is 1. The molecule has 0 aliphatic carbocycles. The van der Waals surface area contributed by atoms with Gasteiger partial charge in [-0.3, -0.25) is 0 Å². The molecule has 0 unspecified atom stereocenters. The number of aromatic hydroxyl groups is 1. The summed E-state index contributed by atoms with van der Waals surface area (Å²) in [5.41, 5.74) is 5.74. The molecule has 22 heavy (non-hydrogen) atoms. The minimum Gasteiger partial charge on any atom is -0.508 e. The van der Waals surface area contributed by atoms with Crippen LogP contribution in [0, 0.1) is 5.82 Å². The van der Waals surface area contributed by atoms with Gasteiger partial charge in [0.1, 0.15) is 18.1 Å². The Bertz CT molecular complexity index is 840. The van der Waals surface area contributed by atoms with E-state index in [0.717, 1.165) is 10.5 Å². The van der Waals surface area contributed by atoms with Gasteiger partial charge in [0, 0.05) is 21.7 Å². The lowest BCUT2D eigenvalue weighted by Gasteiger charge is -2.33. The number of halogens is 2. The van der Waals surface area contributed by atoms with E-state index < -0.39 is 11.4 Å². The molecule has 1 spiro atoms. The maximum Gasteiger partial charge on any atom is 0.283 e. The van der Waals surface area contributed by atoms with E-state index in [1.54, 1.807) is 12.1 Å². The van der Waals surface area contributed by atoms with E-state index in [2.05, 4.69) is 20.9 Å². The number of phenolic OH excluding ortho intramolecular Hbond substituents is 1. The average Bonchev–Trinajstić information content (AvgIpc) is 2.85. The minimum atomic E-state index is -1.03. The zero-order valence-corrected chi connectivity index (χ0v) is 12.7. The lowest BCUT2D eigenvalue weighted by atomic mass is 9.81. The number of rotatable bonds is 0. The molecular formula is C15H10BrFN2O3. The summed E-state index contributed by atoms with van der Waals surface area (Å²) in [6.45, 7) is 0.113. The minimum absolute atomic E-state index is 0.0162. The molecule has 0 bridgehead atoms. The summed E-state index contributed by atoms with van der Waals surface area (Å²) in [5, 5.41) is 9.76. The van der Waals surface area contributed by atoms with Gasteiger partial charge in [-0.15, -0.1) is 0 Å². The van der Waals surface area contributed by atoms with Gasteiger partial charge in [-0.2, -0.15) is 0 Å². The molecule has 0 saturated heterocycles. The summed E-state index contributed by atoms with van der Waals surface area (Å²) >= 11 is 3.41. The predicted molar refractivity (Wildman–Crippen MR) is 80.6 cm³/mol. The smallest absolute Gasteiger partial charge is 0.283 e. The number of nitrogens with two attached hydrogens (primary N) is 1. The van der Waals surface area contributed by atoms with Gasteiger partial charge in [-0.1, -0.05) is 15.9 Å². The predicted octanol–water partition coefficient (Wildman–Crippen LogP) is 2.99. The van der Waals surface area contributed by atoms with Gasteiger partial charge in [0.05, 0.1) is 0 Å². The Morgan fingerprint density at radius 3 is 2.82 bits per heavy atom. The van der Waals surface area contributed by atoms with E-state index in [-0.39, 0.29) is 24.1 Å². The highest BCUT2D eigenvalue weighted by molar-refractivity contribution is 9.10. The number of aliphatic imine (C=N–C) groups is 1. The van der Waals surface area contributed by atoms with Crippen molar-refractivity contribution in [3.63, 3.8) is 0 Å². The SMILES string of the molecule is NC1=N[C@@]2(CO1)c1cc(Br)ccc1Oc1c(F)cc(O)cc12. The molecule has 2 aromatic carbocycles. The Morgan fingerprint density at radius 2 is 2.09 bits per heavy atom. The van der Waals surface area contributed by atoms with E-state index in [1.165, 1.54) is 6.07 Å². The Morgan fingerprint density at radius 1 is 1.27 bits per heavy atom. The lowest BCUT2D eigenvalue weighted by Crippen LogP contribution is -2.31. The molecule has 5 nitrogen and oxygen atoms in total. The van der Waals surface area contributed by atoms with Crippen LogP contribution in [0.4, 0.5) is 4.39 Å². The normalized spacial score (nSPS) is 21.6. The molecular weight excluding hydrogens is 355 g/mol. The average molecular weight is 365 g/mol. The number of hydrogen-bond acceptors (Lipinski definition) is 5. The van der Waals surface area contributed by atoms with E-state index >= 15 is 0 Å². The van der Waals surface area contributed by atoms with Gasteiger partial charge in [0.25, 0.3) is 6.02 Å². The molecule has 0 saturated carbocycles. The molecule has 7 heteroatoms. The van der Waals surface area contributed by atoms with Crippen LogP contribution in [-0.4, -0.2) is 17.7 Å². The summed E-state index contributed by atoms with van der Waals surface area (Å²) in [4.78, 5) is 4.38. The molecule has 0 radical (unpaired) electrons. The van der Waals surface area contributed by atoms with Crippen molar-refractivity contribution in [2.75, 3.05) is 6.61 Å². The van der Waals surface area contributed by atoms with Crippen LogP contribution in [0.15, 0.2) is 39.8 Å². The van der Waals surface area contributed by atoms with Crippen molar-refractivity contribution < 1.29 is 19.0 Å². The number of phenols is 1. The molecule has 2 aliphatic rings. The van der Waals surface area contributed by atoms with E-state index in [1.807, 2.05) is 6.07 Å². The first-order chi connectivity index (χ1) is 10.5. The number of fused-ring (bicyclic) bond motifs is 4. The Balaban J connectivity index is 2.08. The first-order valence-electron chi connectivity index (χ1n) is 6.48. The molecule has 0 fully saturated rings. The van der Waals surface area contributed by atoms with Gasteiger partial charge in [0.15, 0.2) is 17.1 Å². The zero-order chi connectivity index (χ0) is 15.5. The third-order valence-corrected chi connectivity index (χ3v) is 4.30. The van der Waals surface area contributed by atoms with Crippen LogP contribution in [0.2, 0.25) is 0 Å². The zero-order valence-electron chi connectivity index (χ0n) is 11.1. The fourth-order valence-electron chi connectivity index (χ4n) is 2.87. The second-order valence-electron chi connectivity index (χ2n) is 5.15. The lowest BCUT2D eigenvalue weighted by molar-refractivity contribution is 0.261. The van der Waals surface area contributed by atoms with Gasteiger partial charge in [-0.25, -0.2) is 9.38 Å². The monoisotopic (exact) mass is 364 g/mol. The summed E-state index contributed by atoms with van der Waals surface area (Å²) in [7, 11) is 0. The first kappa shape index (κ1) is 13.4. The number of ether oxygens (including phenoxy) is 2. The van der Waals surface area contributed by atoms with Crippen molar-refractivity contribution in [1.29, 1.82) is 0 Å². The van der Waals surface area contributed by atoms with Crippen LogP contribution in [0.1, 0.15) is 11.1 Å². The van der Waals surface area contributed by atoms with Gasteiger partial charge < -0.3 is 20.3 Å². The van der Waals surface area contributed by atoms with Crippen LogP contribution in [-0.2, 0) is 10.3 Å². The molecule has 3 N–H and O–H groups in total. The van der Waals surface area contributed by atoms with Crippen LogP contribution < -0.4 is 10.5 Å². The molecule has 2 aromatic rings. The first-order valence-corrected chi connectivity index (χ1v) is 7.28. The Kier molecular flexibility index (Phi) is 2.65. The molecule has 4 rings (SSSR count). The van der Waals surface area contributed by atoms with E-state index in [9.17, 15) is 9.50 Å². The highest BCUT2D eigenvalue weighted by atomic mass is 79.9. The van der Waals surface area contributed by atoms with Crippen molar-refractivity contribution in [1.82, 2.24) is 0 Å². The maximum absolute atomic E-state index is 14.2. The Hall–Kier alpha value is -2.28. The topological polar surface area (TPSA) is 77.1 Å². The van der Waals surface area contributed by atoms with E-state index in [0.29, 0.717) is 16.9 Å². The largest absolute Gasteiger partial charge is 0.508 e. The highest BCUT2D eigenvalue weighted by Gasteiger charge is 2.48. The summed E-state index contributed by atoms with van der Waals surface area (Å²) in [6, 6.07) is 7.78. The van der Waals surface area contributed by atoms with Crippen LogP contribution in [0.3, 0.4) is 0 Å². The quantitative estimate of drug-likeness (QED) is 0.753. The number of amidine groups is 1. The molecule has 2 aliphatic heterocycles. The fraction of sp³-hybridized carbons (Fsp3) is 0.133. The van der Waals surface area contributed by atoms with Crippen molar-refractivity contribution in [2.24, 2.45) is 10.7 Å². The van der Waals surface area contributed by atoms with Crippen LogP contribution in [0.5, 0.6) is 17.2 Å². The summed E-state index contributed by atoms with van der Waals surface area (Å²) < 4.78 is 26.0. The summed E-state index contributed by atoms with van der Waals surface area (Å²) in [6.07, 6.45) is 0. The summed E-state index contributed by atoms with van der Waals surface area (Å²) in [5.74, 6) is -0.376. The fourth-order valence-corrected chi connectivity index (χ4v) is 3.23. The molecule has 1 atom stereocenters. The third-order valence-electron chi connectivity index (χ3n) is 3.80. The van der Waals surface area contributed by atoms with Gasteiger partial charge >= 0.3 is 0 Å². The standard InChI is InChI=1S/C15H10BrFN2O3/c16-7-1-2-12-9(3-7)15(6-21-14(18)19-15)10-4-8(20)5-11(17)13(10)22-12/h1-5,20H,6H2,(H2,18,19)/t15-/m0/s1. The maximum atomic E-state index is 14.2. The van der Waals surface area contributed by atoms with Crippen LogP contribution >= 0.6 is 15.9 Å². The van der Waals surface area contributed by atoms with Crippen LogP contribution in [0.25, 0.3) is 0 Å². The molecule has 0 amide bonds. The molecule has 112 valence electrons. The second-order valence-corrected chi connectivity index (χ2v) is 6.06. The second kappa shape index (κ2) is 4.36. The van der Waals surface area contributed by atoms with Gasteiger partial charge in [0.2, 0.25) is 0 Å². The Labute approximate surface area is 133 Å². The van der Waals surface area contributed by atoms with Crippen molar-refractivity contribution in [3.05, 3.63) is 51.7 Å². The molecule has 2 heterocycles. The van der Waals surface area contributed by atoms with E-state index in [4.69, 9.17) is 15.2 Å². The molecule has 0 aromatic heterocycles. The van der Waals surface area contributed by atoms with Crippen molar-refractivity contribution in [3.8, 4) is 17.2 Å². The highest BCUT2D eigenvalue weighted by Crippen LogP contribution is 2.52. The number of benzene rings is 2. The number of hydrogen-bond donors (Lipinski definition) is 2. The van der Waals surface area contributed by atoms with Crippen molar-refractivity contribution in [2.45, 2.75) is 5.54 Å². The van der Waals surface area contributed by atoms with Gasteiger partial charge in [-0.05, 0) is 24.3 Å².